The van der Waals surface area contributed by atoms with Crippen molar-refractivity contribution in [2.24, 2.45) is 0 Å². The number of fused-ring (bicyclic) bond motifs is 1. The number of rotatable bonds is 2. The molecule has 0 bridgehead atoms. The number of aromatic nitrogens is 2. The fourth-order valence-corrected chi connectivity index (χ4v) is 2.73. The van der Waals surface area contributed by atoms with Crippen molar-refractivity contribution in [2.75, 3.05) is 11.9 Å². The summed E-state index contributed by atoms with van der Waals surface area (Å²) in [5, 5.41) is 7.53. The molecular formula is C14H15N3O. The molecule has 4 rings (SSSR count). The van der Waals surface area contributed by atoms with Gasteiger partial charge in [-0.3, -0.25) is 0 Å². The second-order valence-corrected chi connectivity index (χ2v) is 5.14. The summed E-state index contributed by atoms with van der Waals surface area (Å²) < 4.78 is 5.46. The van der Waals surface area contributed by atoms with Crippen LogP contribution in [0.3, 0.4) is 0 Å². The summed E-state index contributed by atoms with van der Waals surface area (Å²) in [6, 6.07) is 8.33. The summed E-state index contributed by atoms with van der Waals surface area (Å²) in [4.78, 5) is 4.60. The number of para-hydroxylation sites is 1. The van der Waals surface area contributed by atoms with E-state index in [0.29, 0.717) is 5.92 Å². The first-order valence-electron chi connectivity index (χ1n) is 6.58. The lowest BCUT2D eigenvalue weighted by Crippen LogP contribution is -2.11. The van der Waals surface area contributed by atoms with Crippen molar-refractivity contribution < 1.29 is 4.52 Å². The number of nitrogens with zero attached hydrogens (tertiary/aromatic N) is 2. The molecule has 4 heteroatoms. The maximum atomic E-state index is 5.46. The Hall–Kier alpha value is -1.84. The molecule has 1 saturated carbocycles. The van der Waals surface area contributed by atoms with Gasteiger partial charge in [-0.2, -0.15) is 4.98 Å². The molecular weight excluding hydrogens is 226 g/mol. The number of hydrogen-bond acceptors (Lipinski definition) is 4. The minimum atomic E-state index is 0.211. The molecule has 1 fully saturated rings. The molecule has 2 heterocycles. The topological polar surface area (TPSA) is 51.0 Å². The molecule has 1 aliphatic heterocycles. The molecule has 1 aliphatic carbocycles. The Balaban J connectivity index is 1.66. The molecule has 1 atom stereocenters. The largest absolute Gasteiger partial charge is 0.384 e. The second kappa shape index (κ2) is 3.83. The minimum absolute atomic E-state index is 0.211. The molecule has 2 aromatic rings. The van der Waals surface area contributed by atoms with Gasteiger partial charge >= 0.3 is 0 Å². The standard InChI is InChI=1S/C14H15N3O/c1-2-7-12-10(6-1)11(8-15-12)14-16-13(17-18-14)9-4-3-5-9/h1-2,6-7,9,11,15H,3-5,8H2. The highest BCUT2D eigenvalue weighted by atomic mass is 16.5. The number of benzene rings is 1. The smallest absolute Gasteiger partial charge is 0.236 e. The Morgan fingerprint density at radius 3 is 2.94 bits per heavy atom. The van der Waals surface area contributed by atoms with E-state index in [1.165, 1.54) is 30.5 Å². The van der Waals surface area contributed by atoms with Crippen LogP contribution < -0.4 is 5.32 Å². The molecule has 1 aromatic carbocycles. The molecule has 1 N–H and O–H groups in total. The van der Waals surface area contributed by atoms with E-state index in [1.54, 1.807) is 0 Å². The van der Waals surface area contributed by atoms with Crippen LogP contribution in [0.25, 0.3) is 0 Å². The fraction of sp³-hybridized carbons (Fsp3) is 0.429. The quantitative estimate of drug-likeness (QED) is 0.878. The summed E-state index contributed by atoms with van der Waals surface area (Å²) in [6.45, 7) is 0.853. The monoisotopic (exact) mass is 241 g/mol. The van der Waals surface area contributed by atoms with Crippen LogP contribution in [0.15, 0.2) is 28.8 Å². The van der Waals surface area contributed by atoms with Crippen LogP contribution in [0.1, 0.15) is 48.4 Å². The van der Waals surface area contributed by atoms with Crippen LogP contribution in [0.5, 0.6) is 0 Å². The Morgan fingerprint density at radius 2 is 2.11 bits per heavy atom. The van der Waals surface area contributed by atoms with Crippen LogP contribution in [-0.4, -0.2) is 16.7 Å². The third kappa shape index (κ3) is 1.45. The van der Waals surface area contributed by atoms with Crippen LogP contribution in [0, 0.1) is 0 Å². The van der Waals surface area contributed by atoms with Gasteiger partial charge in [0.05, 0.1) is 5.92 Å². The number of nitrogens with one attached hydrogen (secondary N) is 1. The molecule has 0 saturated heterocycles. The first-order valence-corrected chi connectivity index (χ1v) is 6.58. The SMILES string of the molecule is c1ccc2c(c1)NCC2c1nc(C2CCC2)no1. The third-order valence-electron chi connectivity index (χ3n) is 4.06. The maximum Gasteiger partial charge on any atom is 0.236 e. The average Bonchev–Trinajstić information content (AvgIpc) is 2.92. The van der Waals surface area contributed by atoms with Crippen molar-refractivity contribution in [1.29, 1.82) is 0 Å². The van der Waals surface area contributed by atoms with Gasteiger partial charge in [-0.05, 0) is 24.5 Å². The first-order chi connectivity index (χ1) is 8.92. The van der Waals surface area contributed by atoms with Crippen molar-refractivity contribution in [3.8, 4) is 0 Å². The van der Waals surface area contributed by atoms with Crippen LogP contribution in [0.4, 0.5) is 5.69 Å². The molecule has 2 aliphatic rings. The van der Waals surface area contributed by atoms with E-state index in [-0.39, 0.29) is 5.92 Å². The molecule has 0 amide bonds. The minimum Gasteiger partial charge on any atom is -0.384 e. The normalized spacial score (nSPS) is 22.3. The lowest BCUT2D eigenvalue weighted by atomic mass is 9.85. The highest BCUT2D eigenvalue weighted by Crippen LogP contribution is 2.38. The van der Waals surface area contributed by atoms with Gasteiger partial charge in [0.1, 0.15) is 0 Å². The van der Waals surface area contributed by atoms with E-state index >= 15 is 0 Å². The van der Waals surface area contributed by atoms with Gasteiger partial charge in [0.25, 0.3) is 0 Å². The van der Waals surface area contributed by atoms with Gasteiger partial charge in [0.15, 0.2) is 5.82 Å². The van der Waals surface area contributed by atoms with E-state index in [2.05, 4.69) is 33.7 Å². The van der Waals surface area contributed by atoms with Crippen LogP contribution in [-0.2, 0) is 0 Å². The number of anilines is 1. The van der Waals surface area contributed by atoms with Crippen molar-refractivity contribution in [1.82, 2.24) is 10.1 Å². The summed E-state index contributed by atoms with van der Waals surface area (Å²) in [7, 11) is 0. The van der Waals surface area contributed by atoms with Crippen LogP contribution in [0.2, 0.25) is 0 Å². The zero-order valence-electron chi connectivity index (χ0n) is 10.1. The highest BCUT2D eigenvalue weighted by Gasteiger charge is 2.30. The lowest BCUT2D eigenvalue weighted by Gasteiger charge is -2.21. The van der Waals surface area contributed by atoms with E-state index < -0.39 is 0 Å². The Kier molecular flexibility index (Phi) is 2.15. The van der Waals surface area contributed by atoms with Crippen molar-refractivity contribution in [2.45, 2.75) is 31.1 Å². The lowest BCUT2D eigenvalue weighted by molar-refractivity contribution is 0.343. The van der Waals surface area contributed by atoms with Gasteiger partial charge in [-0.25, -0.2) is 0 Å². The molecule has 4 nitrogen and oxygen atoms in total. The van der Waals surface area contributed by atoms with Crippen LogP contribution >= 0.6 is 0 Å². The second-order valence-electron chi connectivity index (χ2n) is 5.14. The van der Waals surface area contributed by atoms with Gasteiger partial charge in [0, 0.05) is 18.2 Å². The van der Waals surface area contributed by atoms with E-state index in [1.807, 2.05) is 6.07 Å². The molecule has 0 radical (unpaired) electrons. The molecule has 18 heavy (non-hydrogen) atoms. The summed E-state index contributed by atoms with van der Waals surface area (Å²) in [5.74, 6) is 2.41. The Morgan fingerprint density at radius 1 is 1.22 bits per heavy atom. The molecule has 92 valence electrons. The predicted octanol–water partition coefficient (Wildman–Crippen LogP) is 2.89. The zero-order valence-corrected chi connectivity index (χ0v) is 10.1. The summed E-state index contributed by atoms with van der Waals surface area (Å²) >= 11 is 0. The molecule has 1 unspecified atom stereocenters. The van der Waals surface area contributed by atoms with Gasteiger partial charge in [-0.15, -0.1) is 0 Å². The average molecular weight is 241 g/mol. The zero-order chi connectivity index (χ0) is 11.9. The first kappa shape index (κ1) is 10.1. The van der Waals surface area contributed by atoms with Gasteiger partial charge in [0.2, 0.25) is 5.89 Å². The Labute approximate surface area is 105 Å². The molecule has 1 aromatic heterocycles. The Bertz CT molecular complexity index is 574. The van der Waals surface area contributed by atoms with E-state index in [0.717, 1.165) is 18.3 Å². The fourth-order valence-electron chi connectivity index (χ4n) is 2.73. The van der Waals surface area contributed by atoms with Crippen molar-refractivity contribution >= 4 is 5.69 Å². The highest BCUT2D eigenvalue weighted by molar-refractivity contribution is 5.59. The maximum absolute atomic E-state index is 5.46. The third-order valence-corrected chi connectivity index (χ3v) is 4.06. The summed E-state index contributed by atoms with van der Waals surface area (Å²) in [5.41, 5.74) is 2.45. The van der Waals surface area contributed by atoms with Crippen molar-refractivity contribution in [3.63, 3.8) is 0 Å². The number of hydrogen-bond donors (Lipinski definition) is 1. The van der Waals surface area contributed by atoms with Crippen molar-refractivity contribution in [3.05, 3.63) is 41.5 Å². The van der Waals surface area contributed by atoms with E-state index in [9.17, 15) is 0 Å². The van der Waals surface area contributed by atoms with Gasteiger partial charge in [-0.1, -0.05) is 29.8 Å². The molecule has 0 spiro atoms. The van der Waals surface area contributed by atoms with Gasteiger partial charge < -0.3 is 9.84 Å². The van der Waals surface area contributed by atoms with E-state index in [4.69, 9.17) is 4.52 Å². The summed E-state index contributed by atoms with van der Waals surface area (Å²) in [6.07, 6.45) is 3.71. The predicted molar refractivity (Wildman–Crippen MR) is 67.7 cm³/mol.